The number of rotatable bonds is 3. The number of aryl methyl sites for hydroxylation is 1. The Morgan fingerprint density at radius 1 is 1.03 bits per heavy atom. The molecule has 0 amide bonds. The summed E-state index contributed by atoms with van der Waals surface area (Å²) >= 11 is 5.21. The van der Waals surface area contributed by atoms with Gasteiger partial charge in [-0.25, -0.2) is 4.68 Å². The molecular weight excluding hydrogens is 398 g/mol. The van der Waals surface area contributed by atoms with Crippen molar-refractivity contribution in [2.24, 2.45) is 0 Å². The number of nitrogens with zero attached hydrogens (tertiary/aromatic N) is 2. The van der Waals surface area contributed by atoms with E-state index in [0.29, 0.717) is 11.4 Å². The van der Waals surface area contributed by atoms with Gasteiger partial charge >= 0.3 is 0 Å². The molecule has 0 saturated heterocycles. The Kier molecular flexibility index (Phi) is 4.29. The number of methoxy groups -OCH3 is 1. The SMILES string of the molecule is COc1ccc(C2c3c(C)nn(-c4ccccc4)c3Nc3[nH]c(=S)[nH]c(=O)c32)cc1. The second-order valence-corrected chi connectivity index (χ2v) is 7.53. The van der Waals surface area contributed by atoms with Crippen molar-refractivity contribution in [1.29, 1.82) is 0 Å². The van der Waals surface area contributed by atoms with Gasteiger partial charge in [0.15, 0.2) is 4.77 Å². The van der Waals surface area contributed by atoms with E-state index in [0.717, 1.165) is 34.1 Å². The van der Waals surface area contributed by atoms with E-state index in [1.54, 1.807) is 7.11 Å². The minimum atomic E-state index is -0.310. The monoisotopic (exact) mass is 417 g/mol. The molecule has 0 aliphatic carbocycles. The van der Waals surface area contributed by atoms with E-state index in [1.807, 2.05) is 66.2 Å². The highest BCUT2D eigenvalue weighted by molar-refractivity contribution is 7.71. The quantitative estimate of drug-likeness (QED) is 0.384. The summed E-state index contributed by atoms with van der Waals surface area (Å²) in [5.74, 6) is 1.83. The van der Waals surface area contributed by atoms with Crippen LogP contribution in [0, 0.1) is 11.7 Å². The van der Waals surface area contributed by atoms with Crippen LogP contribution in [0.5, 0.6) is 5.75 Å². The summed E-state index contributed by atoms with van der Waals surface area (Å²) in [6, 6.07) is 17.6. The Morgan fingerprint density at radius 2 is 1.77 bits per heavy atom. The molecule has 0 fully saturated rings. The van der Waals surface area contributed by atoms with Crippen LogP contribution in [-0.4, -0.2) is 26.9 Å². The largest absolute Gasteiger partial charge is 0.497 e. The Bertz CT molecular complexity index is 1350. The molecule has 5 rings (SSSR count). The molecule has 0 spiro atoms. The number of fused-ring (bicyclic) bond motifs is 2. The van der Waals surface area contributed by atoms with Crippen LogP contribution in [0.2, 0.25) is 0 Å². The van der Waals surface area contributed by atoms with Crippen LogP contribution in [0.15, 0.2) is 59.4 Å². The van der Waals surface area contributed by atoms with Crippen molar-refractivity contribution in [3.63, 3.8) is 0 Å². The van der Waals surface area contributed by atoms with Gasteiger partial charge in [0.2, 0.25) is 0 Å². The van der Waals surface area contributed by atoms with E-state index in [4.69, 9.17) is 22.1 Å². The minimum Gasteiger partial charge on any atom is -0.497 e. The highest BCUT2D eigenvalue weighted by Gasteiger charge is 2.35. The molecule has 0 bridgehead atoms. The van der Waals surface area contributed by atoms with Crippen LogP contribution < -0.4 is 15.6 Å². The number of para-hydroxylation sites is 1. The van der Waals surface area contributed by atoms with Crippen LogP contribution >= 0.6 is 12.2 Å². The fraction of sp³-hybridized carbons (Fsp3) is 0.136. The van der Waals surface area contributed by atoms with E-state index < -0.39 is 0 Å². The van der Waals surface area contributed by atoms with Gasteiger partial charge in [-0.05, 0) is 49.0 Å². The van der Waals surface area contributed by atoms with Crippen molar-refractivity contribution < 1.29 is 4.74 Å². The van der Waals surface area contributed by atoms with Gasteiger partial charge in [-0.2, -0.15) is 5.10 Å². The van der Waals surface area contributed by atoms with Crippen molar-refractivity contribution in [1.82, 2.24) is 19.7 Å². The zero-order valence-corrected chi connectivity index (χ0v) is 17.2. The molecule has 0 saturated carbocycles. The molecule has 150 valence electrons. The number of aromatic nitrogens is 4. The number of hydrogen-bond acceptors (Lipinski definition) is 5. The second-order valence-electron chi connectivity index (χ2n) is 7.12. The zero-order valence-electron chi connectivity index (χ0n) is 16.4. The van der Waals surface area contributed by atoms with Gasteiger partial charge in [0.1, 0.15) is 17.4 Å². The van der Waals surface area contributed by atoms with E-state index >= 15 is 0 Å². The number of H-pyrrole nitrogens is 2. The summed E-state index contributed by atoms with van der Waals surface area (Å²) in [6.07, 6.45) is 0. The third-order valence-corrected chi connectivity index (χ3v) is 5.56. The third kappa shape index (κ3) is 2.84. The molecule has 3 N–H and O–H groups in total. The normalized spacial score (nSPS) is 14.5. The van der Waals surface area contributed by atoms with Crippen LogP contribution in [-0.2, 0) is 0 Å². The van der Waals surface area contributed by atoms with Crippen molar-refractivity contribution in [3.05, 3.63) is 92.1 Å². The summed E-state index contributed by atoms with van der Waals surface area (Å²) in [6.45, 7) is 1.96. The van der Waals surface area contributed by atoms with Crippen LogP contribution in [0.4, 0.5) is 11.6 Å². The van der Waals surface area contributed by atoms with Gasteiger partial charge in [-0.1, -0.05) is 30.3 Å². The molecule has 0 radical (unpaired) electrons. The highest BCUT2D eigenvalue weighted by Crippen LogP contribution is 2.44. The first-order chi connectivity index (χ1) is 14.6. The lowest BCUT2D eigenvalue weighted by molar-refractivity contribution is 0.414. The standard InChI is InChI=1S/C22H19N5O2S/c1-12-16-17(13-8-10-15(29-2)11-9-13)18-19(24-22(30)25-21(18)28)23-20(16)27(26-12)14-6-4-3-5-7-14/h3-11,17H,1-2H3,(H3,23,24,25,28,30). The molecule has 8 heteroatoms. The Morgan fingerprint density at radius 3 is 2.47 bits per heavy atom. The Labute approximate surface area is 177 Å². The lowest BCUT2D eigenvalue weighted by atomic mass is 9.83. The fourth-order valence-corrected chi connectivity index (χ4v) is 4.22. The van der Waals surface area contributed by atoms with Crippen LogP contribution in [0.1, 0.15) is 28.3 Å². The number of ether oxygens (including phenoxy) is 1. The molecule has 1 atom stereocenters. The van der Waals surface area contributed by atoms with Gasteiger partial charge in [0.25, 0.3) is 5.56 Å². The van der Waals surface area contributed by atoms with E-state index in [-0.39, 0.29) is 16.2 Å². The zero-order chi connectivity index (χ0) is 20.8. The van der Waals surface area contributed by atoms with Crippen LogP contribution in [0.25, 0.3) is 5.69 Å². The van der Waals surface area contributed by atoms with Gasteiger partial charge in [0, 0.05) is 11.5 Å². The summed E-state index contributed by atoms with van der Waals surface area (Å²) < 4.78 is 7.44. The molecular formula is C22H19N5O2S. The predicted molar refractivity (Wildman–Crippen MR) is 118 cm³/mol. The molecule has 3 heterocycles. The molecule has 1 unspecified atom stereocenters. The Balaban J connectivity index is 1.80. The van der Waals surface area contributed by atoms with Crippen molar-refractivity contribution in [3.8, 4) is 11.4 Å². The van der Waals surface area contributed by atoms with Gasteiger partial charge < -0.3 is 15.0 Å². The summed E-state index contributed by atoms with van der Waals surface area (Å²) in [5.41, 5.74) is 4.04. The number of anilines is 2. The first-order valence-electron chi connectivity index (χ1n) is 9.49. The number of benzene rings is 2. The molecule has 1 aliphatic rings. The number of nitrogens with one attached hydrogen (secondary N) is 3. The summed E-state index contributed by atoms with van der Waals surface area (Å²) in [4.78, 5) is 18.8. The smallest absolute Gasteiger partial charge is 0.257 e. The lowest BCUT2D eigenvalue weighted by Crippen LogP contribution is -2.26. The van der Waals surface area contributed by atoms with E-state index in [1.165, 1.54) is 0 Å². The van der Waals surface area contributed by atoms with E-state index in [9.17, 15) is 4.79 Å². The van der Waals surface area contributed by atoms with Gasteiger partial charge in [-0.15, -0.1) is 0 Å². The highest BCUT2D eigenvalue weighted by atomic mass is 32.1. The summed E-state index contributed by atoms with van der Waals surface area (Å²) in [7, 11) is 1.63. The molecule has 4 aromatic rings. The van der Waals surface area contributed by atoms with Gasteiger partial charge in [-0.3, -0.25) is 9.78 Å². The van der Waals surface area contributed by atoms with Crippen molar-refractivity contribution in [2.45, 2.75) is 12.8 Å². The fourth-order valence-electron chi connectivity index (χ4n) is 4.02. The molecule has 2 aromatic carbocycles. The first kappa shape index (κ1) is 18.4. The third-order valence-electron chi connectivity index (χ3n) is 5.36. The minimum absolute atomic E-state index is 0.223. The maximum Gasteiger partial charge on any atom is 0.257 e. The predicted octanol–water partition coefficient (Wildman–Crippen LogP) is 4.17. The molecule has 1 aliphatic heterocycles. The lowest BCUT2D eigenvalue weighted by Gasteiger charge is -2.27. The maximum atomic E-state index is 13.0. The Hall–Kier alpha value is -3.65. The van der Waals surface area contributed by atoms with Gasteiger partial charge in [0.05, 0.1) is 24.1 Å². The van der Waals surface area contributed by atoms with E-state index in [2.05, 4.69) is 15.3 Å². The average Bonchev–Trinajstić information content (AvgIpc) is 3.09. The topological polar surface area (TPSA) is 87.7 Å². The number of aromatic amines is 2. The second kappa shape index (κ2) is 7.00. The average molecular weight is 417 g/mol. The maximum absolute atomic E-state index is 13.0. The van der Waals surface area contributed by atoms with Crippen LogP contribution in [0.3, 0.4) is 0 Å². The van der Waals surface area contributed by atoms with Crippen molar-refractivity contribution >= 4 is 23.9 Å². The molecule has 2 aromatic heterocycles. The summed E-state index contributed by atoms with van der Waals surface area (Å²) in [5, 5.41) is 8.15. The molecule has 7 nitrogen and oxygen atoms in total. The number of hydrogen-bond donors (Lipinski definition) is 3. The first-order valence-corrected chi connectivity index (χ1v) is 9.90. The van der Waals surface area contributed by atoms with Crippen molar-refractivity contribution in [2.75, 3.05) is 12.4 Å². The molecule has 30 heavy (non-hydrogen) atoms.